The van der Waals surface area contributed by atoms with E-state index < -0.39 is 0 Å². The molecule has 0 atom stereocenters. The van der Waals surface area contributed by atoms with Gasteiger partial charge >= 0.3 is 0 Å². The largest absolute Gasteiger partial charge is 0.396 e. The summed E-state index contributed by atoms with van der Waals surface area (Å²) in [7, 11) is 1.86. The zero-order chi connectivity index (χ0) is 16.2. The first kappa shape index (κ1) is 15.8. The van der Waals surface area contributed by atoms with Gasteiger partial charge in [0.05, 0.1) is 24.4 Å². The van der Waals surface area contributed by atoms with Crippen LogP contribution < -0.4 is 5.32 Å². The molecule has 23 heavy (non-hydrogen) atoms. The van der Waals surface area contributed by atoms with Gasteiger partial charge in [-0.25, -0.2) is 9.97 Å². The number of nitrogens with zero attached hydrogens (tertiary/aromatic N) is 4. The predicted molar refractivity (Wildman–Crippen MR) is 89.1 cm³/mol. The van der Waals surface area contributed by atoms with Crippen LogP contribution in [0.1, 0.15) is 44.0 Å². The van der Waals surface area contributed by atoms with Gasteiger partial charge in [0.1, 0.15) is 17.2 Å². The molecule has 2 N–H and O–H groups in total. The predicted octanol–water partition coefficient (Wildman–Crippen LogP) is 2.65. The molecular weight excluding hydrogens is 290 g/mol. The Kier molecular flexibility index (Phi) is 4.77. The van der Waals surface area contributed by atoms with Crippen molar-refractivity contribution in [1.29, 1.82) is 5.26 Å². The maximum atomic E-state index is 9.36. The van der Waals surface area contributed by atoms with Crippen molar-refractivity contribution in [2.24, 2.45) is 5.92 Å². The number of pyridine rings is 1. The number of rotatable bonds is 5. The standard InChI is InChI=1S/C17H23N5O/c1-19-16-10-15-14(11-20-16)21-17(7-9-23)22(15)13-4-2-12(3-5-13)6-8-18/h10-13,23H,2-7,9H2,1H3,(H,19,20). The van der Waals surface area contributed by atoms with Crippen molar-refractivity contribution >= 4 is 16.9 Å². The van der Waals surface area contributed by atoms with E-state index in [1.54, 1.807) is 6.20 Å². The number of aliphatic hydroxyl groups is 1. The molecule has 0 aliphatic heterocycles. The zero-order valence-corrected chi connectivity index (χ0v) is 13.5. The molecule has 2 aromatic heterocycles. The van der Waals surface area contributed by atoms with E-state index in [2.05, 4.69) is 25.9 Å². The summed E-state index contributed by atoms with van der Waals surface area (Å²) >= 11 is 0. The van der Waals surface area contributed by atoms with Crippen molar-refractivity contribution in [2.75, 3.05) is 19.0 Å². The minimum atomic E-state index is 0.0966. The first-order chi connectivity index (χ1) is 11.3. The van der Waals surface area contributed by atoms with Gasteiger partial charge in [-0.15, -0.1) is 0 Å². The highest BCUT2D eigenvalue weighted by molar-refractivity contribution is 5.78. The second kappa shape index (κ2) is 6.97. The Morgan fingerprint density at radius 1 is 1.39 bits per heavy atom. The molecule has 3 rings (SSSR count). The maximum absolute atomic E-state index is 9.36. The maximum Gasteiger partial charge on any atom is 0.127 e. The molecule has 0 aromatic carbocycles. The van der Waals surface area contributed by atoms with Crippen LogP contribution in [0.2, 0.25) is 0 Å². The third-order valence-electron chi connectivity index (χ3n) is 4.80. The van der Waals surface area contributed by atoms with Crippen LogP contribution in [0.15, 0.2) is 12.3 Å². The summed E-state index contributed by atoms with van der Waals surface area (Å²) in [6.07, 6.45) is 7.30. The molecular formula is C17H23N5O. The molecule has 2 heterocycles. The molecule has 0 radical (unpaired) electrons. The molecule has 6 nitrogen and oxygen atoms in total. The number of anilines is 1. The number of hydrogen-bond acceptors (Lipinski definition) is 5. The molecule has 2 aromatic rings. The van der Waals surface area contributed by atoms with Gasteiger partial charge in [0, 0.05) is 32.0 Å². The SMILES string of the molecule is CNc1cc2c(cn1)nc(CCO)n2C1CCC(CC#N)CC1. The smallest absolute Gasteiger partial charge is 0.127 e. The Morgan fingerprint density at radius 2 is 2.17 bits per heavy atom. The van der Waals surface area contributed by atoms with Crippen LogP contribution >= 0.6 is 0 Å². The minimum Gasteiger partial charge on any atom is -0.396 e. The Hall–Kier alpha value is -2.13. The molecule has 0 saturated heterocycles. The van der Waals surface area contributed by atoms with Crippen LogP contribution in [0.4, 0.5) is 5.82 Å². The molecule has 0 amide bonds. The summed E-state index contributed by atoms with van der Waals surface area (Å²) < 4.78 is 2.29. The zero-order valence-electron chi connectivity index (χ0n) is 13.5. The molecule has 0 spiro atoms. The highest BCUT2D eigenvalue weighted by Gasteiger charge is 2.25. The van der Waals surface area contributed by atoms with E-state index in [1.165, 1.54) is 0 Å². The van der Waals surface area contributed by atoms with Crippen LogP contribution in [0.5, 0.6) is 0 Å². The van der Waals surface area contributed by atoms with Crippen molar-refractivity contribution in [2.45, 2.75) is 44.6 Å². The first-order valence-corrected chi connectivity index (χ1v) is 8.29. The van der Waals surface area contributed by atoms with Gasteiger partial charge in [0.15, 0.2) is 0 Å². The van der Waals surface area contributed by atoms with E-state index >= 15 is 0 Å². The van der Waals surface area contributed by atoms with E-state index in [-0.39, 0.29) is 6.61 Å². The summed E-state index contributed by atoms with van der Waals surface area (Å²) in [5, 5.41) is 21.3. The van der Waals surface area contributed by atoms with Crippen molar-refractivity contribution in [3.8, 4) is 6.07 Å². The van der Waals surface area contributed by atoms with Crippen molar-refractivity contribution < 1.29 is 5.11 Å². The fourth-order valence-electron chi connectivity index (χ4n) is 3.61. The van der Waals surface area contributed by atoms with E-state index in [9.17, 15) is 5.11 Å². The molecule has 122 valence electrons. The minimum absolute atomic E-state index is 0.0966. The quantitative estimate of drug-likeness (QED) is 0.886. The lowest BCUT2D eigenvalue weighted by Crippen LogP contribution is -2.20. The summed E-state index contributed by atoms with van der Waals surface area (Å²) in [6, 6.07) is 4.72. The van der Waals surface area contributed by atoms with Crippen molar-refractivity contribution in [1.82, 2.24) is 14.5 Å². The van der Waals surface area contributed by atoms with Gasteiger partial charge in [0.25, 0.3) is 0 Å². The topological polar surface area (TPSA) is 86.8 Å². The van der Waals surface area contributed by atoms with E-state index in [0.717, 1.165) is 48.4 Å². The molecule has 0 bridgehead atoms. The average Bonchev–Trinajstić information content (AvgIpc) is 2.93. The van der Waals surface area contributed by atoms with Gasteiger partial charge in [-0.3, -0.25) is 0 Å². The Balaban J connectivity index is 1.94. The highest BCUT2D eigenvalue weighted by Crippen LogP contribution is 2.36. The third-order valence-corrected chi connectivity index (χ3v) is 4.80. The Morgan fingerprint density at radius 3 is 2.83 bits per heavy atom. The number of fused-ring (bicyclic) bond motifs is 1. The fourth-order valence-corrected chi connectivity index (χ4v) is 3.61. The third kappa shape index (κ3) is 3.15. The highest BCUT2D eigenvalue weighted by atomic mass is 16.3. The van der Waals surface area contributed by atoms with Crippen LogP contribution in [-0.4, -0.2) is 33.3 Å². The van der Waals surface area contributed by atoms with Gasteiger partial charge in [-0.1, -0.05) is 0 Å². The second-order valence-corrected chi connectivity index (χ2v) is 6.22. The van der Waals surface area contributed by atoms with Crippen molar-refractivity contribution in [3.05, 3.63) is 18.1 Å². The van der Waals surface area contributed by atoms with Gasteiger partial charge < -0.3 is 15.0 Å². The number of imidazole rings is 1. The number of nitrogens with one attached hydrogen (secondary N) is 1. The van der Waals surface area contributed by atoms with Crippen LogP contribution in [-0.2, 0) is 6.42 Å². The van der Waals surface area contributed by atoms with Crippen LogP contribution in [0, 0.1) is 17.2 Å². The number of nitriles is 1. The molecule has 6 heteroatoms. The van der Waals surface area contributed by atoms with E-state index in [4.69, 9.17) is 5.26 Å². The van der Waals surface area contributed by atoms with Crippen LogP contribution in [0.3, 0.4) is 0 Å². The summed E-state index contributed by atoms with van der Waals surface area (Å²) in [5.74, 6) is 2.29. The summed E-state index contributed by atoms with van der Waals surface area (Å²) in [5.41, 5.74) is 1.96. The summed E-state index contributed by atoms with van der Waals surface area (Å²) in [4.78, 5) is 9.00. The molecule has 0 unspecified atom stereocenters. The van der Waals surface area contributed by atoms with E-state index in [0.29, 0.717) is 24.8 Å². The molecule has 1 saturated carbocycles. The normalized spacial score (nSPS) is 21.3. The first-order valence-electron chi connectivity index (χ1n) is 8.29. The Bertz CT molecular complexity index is 710. The molecule has 1 aliphatic rings. The lowest BCUT2D eigenvalue weighted by atomic mass is 9.84. The molecule has 1 aliphatic carbocycles. The Labute approximate surface area is 136 Å². The molecule has 1 fully saturated rings. The van der Waals surface area contributed by atoms with Gasteiger partial charge in [0.2, 0.25) is 0 Å². The van der Waals surface area contributed by atoms with Crippen LogP contribution in [0.25, 0.3) is 11.0 Å². The summed E-state index contributed by atoms with van der Waals surface area (Å²) in [6.45, 7) is 0.0966. The second-order valence-electron chi connectivity index (χ2n) is 6.22. The lowest BCUT2D eigenvalue weighted by molar-refractivity contribution is 0.266. The number of hydrogen-bond donors (Lipinski definition) is 2. The van der Waals surface area contributed by atoms with Crippen molar-refractivity contribution in [3.63, 3.8) is 0 Å². The lowest BCUT2D eigenvalue weighted by Gasteiger charge is -2.29. The number of aliphatic hydroxyl groups excluding tert-OH is 1. The van der Waals surface area contributed by atoms with Gasteiger partial charge in [-0.2, -0.15) is 5.26 Å². The average molecular weight is 313 g/mol. The van der Waals surface area contributed by atoms with E-state index in [1.807, 2.05) is 13.1 Å². The fraction of sp³-hybridized carbons (Fsp3) is 0.588. The van der Waals surface area contributed by atoms with Gasteiger partial charge in [-0.05, 0) is 31.6 Å². The monoisotopic (exact) mass is 313 g/mol. The number of aromatic nitrogens is 3.